The Kier molecular flexibility index (Phi) is 14.2. The minimum Gasteiger partial charge on any atom is -0.335 e. The van der Waals surface area contributed by atoms with Crippen LogP contribution in [0, 0.1) is 11.3 Å². The van der Waals surface area contributed by atoms with Crippen LogP contribution in [0.5, 0.6) is 0 Å². The molecule has 7 aliphatic rings. The van der Waals surface area contributed by atoms with E-state index in [4.69, 9.17) is 0 Å². The van der Waals surface area contributed by atoms with Crippen LogP contribution in [0.25, 0.3) is 94.3 Å². The van der Waals surface area contributed by atoms with Gasteiger partial charge in [-0.05, 0) is 203 Å². The zero-order chi connectivity index (χ0) is 76.9. The molecule has 0 N–H and O–H groups in total. The standard InChI is InChI=1S/C109H92BN3/c1-65-60-69(107(11,12)13)62-94-101(65)112(71-57-52-67(53-58-71)105(5,6)7)97-64-72(63-96-100(97)110(94)93-61-68(106(8,9)10)54-59-95(93)111(96)70-55-50-66(51-56-70)104(2,3)4)113-102-83(81-38-26-36-79-77-34-18-24-48-91(77)108(98(79)81)87-44-20-14-30-73(87)74-31-15-21-45-88(74)108)40-28-42-85(102)86-43-29-41-84(103(86)113)82-39-27-37-80-78-35-19-25-49-92(78)109(99(80)82)89-46-22-16-32-75(89)76-33-17-23-47-90(76)109/h14-65,101H,1-13H3. The van der Waals surface area contributed by atoms with Crippen molar-refractivity contribution >= 4 is 67.9 Å². The highest BCUT2D eigenvalue weighted by atomic mass is 15.2. The maximum absolute atomic E-state index is 2.81. The number of benzene rings is 14. The summed E-state index contributed by atoms with van der Waals surface area (Å²) in [5.74, 6) is 0.125. The Morgan fingerprint density at radius 2 is 0.664 bits per heavy atom. The molecule has 22 rings (SSSR count). The Morgan fingerprint density at radius 3 is 1.08 bits per heavy atom. The second kappa shape index (κ2) is 23.6. The lowest BCUT2D eigenvalue weighted by molar-refractivity contribution is 0.491. The topological polar surface area (TPSA) is 11.4 Å². The predicted octanol–water partition coefficient (Wildman–Crippen LogP) is 26.7. The second-order valence-electron chi connectivity index (χ2n) is 37.4. The minimum absolute atomic E-state index is 0.0426. The summed E-state index contributed by atoms with van der Waals surface area (Å²) in [6, 6.07) is 117. The quantitative estimate of drug-likeness (QED) is 0.159. The molecule has 3 heterocycles. The highest BCUT2D eigenvalue weighted by molar-refractivity contribution is 6.95. The lowest BCUT2D eigenvalue weighted by Gasteiger charge is -2.51. The molecular formula is C109H92BN3. The monoisotopic (exact) mass is 1450 g/mol. The molecule has 0 saturated carbocycles. The first-order chi connectivity index (χ1) is 54.5. The van der Waals surface area contributed by atoms with Crippen LogP contribution in [0.3, 0.4) is 0 Å². The van der Waals surface area contributed by atoms with Gasteiger partial charge in [-0.3, -0.25) is 0 Å². The number of rotatable bonds is 5. The Labute approximate surface area is 666 Å². The fourth-order valence-corrected chi connectivity index (χ4v) is 22.1. The molecule has 1 aromatic heterocycles. The predicted molar refractivity (Wildman–Crippen MR) is 477 cm³/mol. The third-order valence-corrected chi connectivity index (χ3v) is 27.1. The number of nitrogens with zero attached hydrogens (tertiary/aromatic N) is 3. The van der Waals surface area contributed by atoms with E-state index >= 15 is 0 Å². The van der Waals surface area contributed by atoms with E-state index in [1.807, 2.05) is 0 Å². The van der Waals surface area contributed by atoms with Crippen molar-refractivity contribution in [3.63, 3.8) is 0 Å². The number of hydrogen-bond acceptors (Lipinski definition) is 2. The van der Waals surface area contributed by atoms with Gasteiger partial charge in [0, 0.05) is 50.3 Å². The molecule has 15 aromatic rings. The molecule has 14 aromatic carbocycles. The van der Waals surface area contributed by atoms with Gasteiger partial charge in [-0.15, -0.1) is 0 Å². The first-order valence-electron chi connectivity index (χ1n) is 41.0. The normalized spacial score (nSPS) is 16.7. The van der Waals surface area contributed by atoms with Crippen molar-refractivity contribution in [1.29, 1.82) is 0 Å². The molecule has 2 spiro atoms. The van der Waals surface area contributed by atoms with Gasteiger partial charge in [0.15, 0.2) is 0 Å². The van der Waals surface area contributed by atoms with Gasteiger partial charge >= 0.3 is 0 Å². The molecule has 5 aliphatic carbocycles. The fraction of sp³-hybridized carbons (Fsp3) is 0.193. The number of hydrogen-bond donors (Lipinski definition) is 0. The summed E-state index contributed by atoms with van der Waals surface area (Å²) in [7, 11) is 0. The van der Waals surface area contributed by atoms with E-state index in [1.54, 1.807) is 0 Å². The lowest BCUT2D eigenvalue weighted by atomic mass is 9.30. The van der Waals surface area contributed by atoms with Crippen molar-refractivity contribution in [2.24, 2.45) is 11.3 Å². The lowest BCUT2D eigenvalue weighted by Crippen LogP contribution is -2.62. The molecular weight excluding hydrogens is 1360 g/mol. The van der Waals surface area contributed by atoms with Crippen LogP contribution in [-0.4, -0.2) is 17.3 Å². The number of allylic oxidation sites excluding steroid dienone is 2. The summed E-state index contributed by atoms with van der Waals surface area (Å²) in [4.78, 5) is 5.49. The maximum atomic E-state index is 2.81. The Morgan fingerprint density at radius 1 is 0.310 bits per heavy atom. The first-order valence-corrected chi connectivity index (χ1v) is 41.0. The molecule has 113 heavy (non-hydrogen) atoms. The zero-order valence-electron chi connectivity index (χ0n) is 67.0. The largest absolute Gasteiger partial charge is 0.335 e. The third kappa shape index (κ3) is 9.21. The Hall–Kier alpha value is -12.0. The van der Waals surface area contributed by atoms with Gasteiger partial charge in [-0.1, -0.05) is 362 Å². The van der Waals surface area contributed by atoms with Crippen molar-refractivity contribution in [2.45, 2.75) is 123 Å². The van der Waals surface area contributed by atoms with Crippen LogP contribution < -0.4 is 20.7 Å². The summed E-state index contributed by atoms with van der Waals surface area (Å²) in [5, 5.41) is 2.41. The van der Waals surface area contributed by atoms with Crippen LogP contribution in [0.1, 0.15) is 151 Å². The Bertz CT molecular complexity index is 6320. The molecule has 2 aliphatic heterocycles. The van der Waals surface area contributed by atoms with E-state index in [2.05, 4.69) is 414 Å². The molecule has 546 valence electrons. The van der Waals surface area contributed by atoms with Gasteiger partial charge in [-0.2, -0.15) is 0 Å². The first kappa shape index (κ1) is 67.9. The van der Waals surface area contributed by atoms with Crippen molar-refractivity contribution < 1.29 is 0 Å². The van der Waals surface area contributed by atoms with E-state index in [1.165, 1.54) is 194 Å². The molecule has 0 saturated heterocycles. The average molecular weight is 1450 g/mol. The average Bonchev–Trinajstić information content (AvgIpc) is 1.48. The van der Waals surface area contributed by atoms with Gasteiger partial charge in [0.1, 0.15) is 0 Å². The van der Waals surface area contributed by atoms with Gasteiger partial charge in [-0.25, -0.2) is 0 Å². The summed E-state index contributed by atoms with van der Waals surface area (Å²) in [5.41, 5.74) is 43.1. The number of para-hydroxylation sites is 2. The van der Waals surface area contributed by atoms with Gasteiger partial charge in [0.25, 0.3) is 0 Å². The second-order valence-corrected chi connectivity index (χ2v) is 37.4. The van der Waals surface area contributed by atoms with Crippen LogP contribution >= 0.6 is 0 Å². The van der Waals surface area contributed by atoms with Crippen LogP contribution in [-0.2, 0) is 27.1 Å². The van der Waals surface area contributed by atoms with E-state index < -0.39 is 10.8 Å². The van der Waals surface area contributed by atoms with Gasteiger partial charge < -0.3 is 14.4 Å². The molecule has 0 amide bonds. The number of aromatic nitrogens is 1. The van der Waals surface area contributed by atoms with Gasteiger partial charge in [0.05, 0.1) is 33.6 Å². The molecule has 4 heteroatoms. The highest BCUT2D eigenvalue weighted by Crippen LogP contribution is 2.68. The molecule has 2 unspecified atom stereocenters. The van der Waals surface area contributed by atoms with Crippen molar-refractivity contribution in [2.75, 3.05) is 9.80 Å². The highest BCUT2D eigenvalue weighted by Gasteiger charge is 2.56. The maximum Gasteiger partial charge on any atom is 0.247 e. The number of anilines is 5. The minimum atomic E-state index is -0.623. The van der Waals surface area contributed by atoms with Crippen molar-refractivity contribution in [3.8, 4) is 72.4 Å². The van der Waals surface area contributed by atoms with E-state index in [-0.39, 0.29) is 40.3 Å². The van der Waals surface area contributed by atoms with Crippen molar-refractivity contribution in [1.82, 2.24) is 4.57 Å². The zero-order valence-corrected chi connectivity index (χ0v) is 67.0. The van der Waals surface area contributed by atoms with Gasteiger partial charge in [0.2, 0.25) is 6.71 Å². The SMILES string of the molecule is CC1C=C(C(C)(C)C)C=C2B3c4cc(C(C)(C)C)ccc4N(c4ccc(C(C)(C)C)cc4)c4cc(-n5c6c(-c7cccc8c7C7(c9ccccc9-c9ccccc97)c7ccccc7-8)cccc6c6cccc(-c7cccc8c7C7(c9ccccc9-c9ccccc97)c7ccccc7-8)c65)cc(c43)N(c3ccc(C(C)(C)C)cc3)C21. The molecule has 0 fully saturated rings. The van der Waals surface area contributed by atoms with Crippen LogP contribution in [0.2, 0.25) is 0 Å². The summed E-state index contributed by atoms with van der Waals surface area (Å²) >= 11 is 0. The molecule has 2 atom stereocenters. The summed E-state index contributed by atoms with van der Waals surface area (Å²) < 4.78 is 2.80. The number of fused-ring (bicyclic) bond motifs is 27. The fourth-order valence-electron chi connectivity index (χ4n) is 22.1. The summed E-state index contributed by atoms with van der Waals surface area (Å²) in [6.45, 7) is 30.9. The van der Waals surface area contributed by atoms with E-state index in [0.29, 0.717) is 0 Å². The molecule has 3 nitrogen and oxygen atoms in total. The summed E-state index contributed by atoms with van der Waals surface area (Å²) in [6.07, 6.45) is 5.29. The van der Waals surface area contributed by atoms with Crippen LogP contribution in [0.15, 0.2) is 320 Å². The van der Waals surface area contributed by atoms with E-state index in [0.717, 1.165) is 11.4 Å². The Balaban J connectivity index is 0.922. The van der Waals surface area contributed by atoms with Crippen molar-refractivity contribution in [3.05, 3.63) is 382 Å². The molecule has 0 bridgehead atoms. The van der Waals surface area contributed by atoms with E-state index in [9.17, 15) is 0 Å². The van der Waals surface area contributed by atoms with Crippen LogP contribution in [0.4, 0.5) is 28.4 Å². The third-order valence-electron chi connectivity index (χ3n) is 27.1. The smallest absolute Gasteiger partial charge is 0.247 e. The molecule has 0 radical (unpaired) electrons.